The normalized spacial score (nSPS) is 30.4. The van der Waals surface area contributed by atoms with Gasteiger partial charge in [-0.2, -0.15) is 0 Å². The van der Waals surface area contributed by atoms with E-state index in [1.165, 1.54) is 19.4 Å². The molecule has 0 radical (unpaired) electrons. The lowest BCUT2D eigenvalue weighted by atomic mass is 10.1. The van der Waals surface area contributed by atoms with E-state index in [9.17, 15) is 0 Å². The van der Waals surface area contributed by atoms with E-state index >= 15 is 0 Å². The maximum Gasteiger partial charge on any atom is 0.0619 e. The Balaban J connectivity index is 1.81. The zero-order valence-electron chi connectivity index (χ0n) is 10.0. The summed E-state index contributed by atoms with van der Waals surface area (Å²) in [7, 11) is 0. The lowest BCUT2D eigenvalue weighted by Gasteiger charge is -2.36. The van der Waals surface area contributed by atoms with Crippen molar-refractivity contribution in [2.24, 2.45) is 5.92 Å². The Kier molecular flexibility index (Phi) is 4.00. The monoisotopic (exact) mass is 212 g/mol. The van der Waals surface area contributed by atoms with Crippen LogP contribution in [-0.4, -0.2) is 49.8 Å². The predicted octanol–water partition coefficient (Wildman–Crippen LogP) is 1.10. The number of morpholine rings is 1. The highest BCUT2D eigenvalue weighted by Crippen LogP contribution is 2.33. The van der Waals surface area contributed by atoms with Gasteiger partial charge in [0.25, 0.3) is 0 Å². The van der Waals surface area contributed by atoms with Gasteiger partial charge in [0.1, 0.15) is 0 Å². The van der Waals surface area contributed by atoms with E-state index in [4.69, 9.17) is 4.74 Å². The first-order valence-corrected chi connectivity index (χ1v) is 6.36. The number of hydrogen-bond donors (Lipinski definition) is 1. The molecule has 2 rings (SSSR count). The molecule has 1 saturated carbocycles. The molecule has 2 unspecified atom stereocenters. The third kappa shape index (κ3) is 3.16. The fraction of sp³-hybridized carbons (Fsp3) is 1.00. The number of nitrogens with one attached hydrogen (secondary N) is 1. The molecule has 88 valence electrons. The minimum Gasteiger partial charge on any atom is -0.379 e. The van der Waals surface area contributed by atoms with Crippen LogP contribution in [0.25, 0.3) is 0 Å². The second-order valence-corrected chi connectivity index (χ2v) is 4.92. The van der Waals surface area contributed by atoms with Crippen LogP contribution in [0.3, 0.4) is 0 Å². The molecule has 1 aliphatic carbocycles. The zero-order valence-corrected chi connectivity index (χ0v) is 10.0. The zero-order chi connectivity index (χ0) is 10.7. The molecule has 2 atom stereocenters. The van der Waals surface area contributed by atoms with Gasteiger partial charge in [-0.15, -0.1) is 0 Å². The van der Waals surface area contributed by atoms with Crippen molar-refractivity contribution < 1.29 is 4.74 Å². The molecule has 0 spiro atoms. The van der Waals surface area contributed by atoms with Crippen LogP contribution in [0.2, 0.25) is 0 Å². The highest BCUT2D eigenvalue weighted by atomic mass is 16.5. The lowest BCUT2D eigenvalue weighted by molar-refractivity contribution is -0.00531. The van der Waals surface area contributed by atoms with Crippen molar-refractivity contribution >= 4 is 0 Å². The average Bonchev–Trinajstić information content (AvgIpc) is 3.04. The van der Waals surface area contributed by atoms with Crippen molar-refractivity contribution in [2.75, 3.05) is 32.8 Å². The molecule has 0 aromatic heterocycles. The summed E-state index contributed by atoms with van der Waals surface area (Å²) in [5.41, 5.74) is 0. The molecule has 3 heteroatoms. The molecule has 0 aromatic carbocycles. The summed E-state index contributed by atoms with van der Waals surface area (Å²) in [5, 5.41) is 3.63. The third-order valence-electron chi connectivity index (χ3n) is 3.59. The number of ether oxygens (including phenoxy) is 1. The van der Waals surface area contributed by atoms with E-state index < -0.39 is 0 Å². The Morgan fingerprint density at radius 1 is 1.47 bits per heavy atom. The molecule has 1 saturated heterocycles. The highest BCUT2D eigenvalue weighted by Gasteiger charge is 2.33. The van der Waals surface area contributed by atoms with Gasteiger partial charge in [0.05, 0.1) is 13.2 Å². The third-order valence-corrected chi connectivity index (χ3v) is 3.59. The van der Waals surface area contributed by atoms with E-state index in [2.05, 4.69) is 24.1 Å². The summed E-state index contributed by atoms with van der Waals surface area (Å²) in [6, 6.07) is 1.31. The summed E-state index contributed by atoms with van der Waals surface area (Å²) in [4.78, 5) is 2.58. The molecule has 1 heterocycles. The van der Waals surface area contributed by atoms with Gasteiger partial charge in [0.15, 0.2) is 0 Å². The van der Waals surface area contributed by atoms with Gasteiger partial charge in [-0.1, -0.05) is 6.92 Å². The molecule has 2 fully saturated rings. The van der Waals surface area contributed by atoms with Crippen molar-refractivity contribution in [1.82, 2.24) is 10.2 Å². The highest BCUT2D eigenvalue weighted by molar-refractivity contribution is 4.89. The average molecular weight is 212 g/mol. The van der Waals surface area contributed by atoms with E-state index in [1.54, 1.807) is 0 Å². The maximum absolute atomic E-state index is 5.47. The van der Waals surface area contributed by atoms with Gasteiger partial charge in [-0.05, 0) is 32.2 Å². The van der Waals surface area contributed by atoms with Crippen LogP contribution in [0.4, 0.5) is 0 Å². The molecule has 0 amide bonds. The molecule has 0 aromatic rings. The van der Waals surface area contributed by atoms with Crippen molar-refractivity contribution in [1.29, 1.82) is 0 Å². The molecule has 15 heavy (non-hydrogen) atoms. The summed E-state index contributed by atoms with van der Waals surface area (Å²) in [6.45, 7) is 9.71. The van der Waals surface area contributed by atoms with Gasteiger partial charge in [-0.25, -0.2) is 0 Å². The Morgan fingerprint density at radius 2 is 2.27 bits per heavy atom. The first kappa shape index (κ1) is 11.4. The summed E-state index contributed by atoms with van der Waals surface area (Å²) < 4.78 is 5.47. The van der Waals surface area contributed by atoms with Gasteiger partial charge in [0, 0.05) is 25.2 Å². The van der Waals surface area contributed by atoms with Gasteiger partial charge >= 0.3 is 0 Å². The van der Waals surface area contributed by atoms with Gasteiger partial charge in [0.2, 0.25) is 0 Å². The van der Waals surface area contributed by atoms with E-state index in [0.29, 0.717) is 6.04 Å². The minimum absolute atomic E-state index is 0.596. The van der Waals surface area contributed by atoms with Crippen LogP contribution >= 0.6 is 0 Å². The van der Waals surface area contributed by atoms with E-state index in [-0.39, 0.29) is 0 Å². The molecule has 1 aliphatic heterocycles. The van der Waals surface area contributed by atoms with Gasteiger partial charge in [-0.3, -0.25) is 4.90 Å². The van der Waals surface area contributed by atoms with Crippen LogP contribution < -0.4 is 5.32 Å². The number of hydrogen-bond acceptors (Lipinski definition) is 3. The largest absolute Gasteiger partial charge is 0.379 e. The Bertz CT molecular complexity index is 192. The first-order valence-electron chi connectivity index (χ1n) is 6.36. The first-order chi connectivity index (χ1) is 7.31. The number of nitrogens with zero attached hydrogens (tertiary/aromatic N) is 1. The Morgan fingerprint density at radius 3 is 2.87 bits per heavy atom. The van der Waals surface area contributed by atoms with Crippen molar-refractivity contribution in [3.05, 3.63) is 0 Å². The molecule has 2 aliphatic rings. The summed E-state index contributed by atoms with van der Waals surface area (Å²) in [6.07, 6.45) is 2.85. The fourth-order valence-corrected chi connectivity index (χ4v) is 2.43. The molecule has 0 bridgehead atoms. The van der Waals surface area contributed by atoms with Crippen LogP contribution in [0.1, 0.15) is 26.7 Å². The second kappa shape index (κ2) is 5.28. The standard InChI is InChI=1S/C12H24N2O/c1-3-13-12(11-4-5-11)8-14-6-7-15-9-10(14)2/h10-13H,3-9H2,1-2H3. The van der Waals surface area contributed by atoms with Gasteiger partial charge < -0.3 is 10.1 Å². The second-order valence-electron chi connectivity index (χ2n) is 4.92. The molecular weight excluding hydrogens is 188 g/mol. The predicted molar refractivity (Wildman–Crippen MR) is 62.0 cm³/mol. The SMILES string of the molecule is CCNC(CN1CCOCC1C)C1CC1. The number of rotatable bonds is 5. The van der Waals surface area contributed by atoms with Crippen LogP contribution in [0, 0.1) is 5.92 Å². The molecule has 3 nitrogen and oxygen atoms in total. The lowest BCUT2D eigenvalue weighted by Crippen LogP contribution is -2.50. The van der Waals surface area contributed by atoms with E-state index in [1.807, 2.05) is 0 Å². The van der Waals surface area contributed by atoms with Crippen molar-refractivity contribution in [3.8, 4) is 0 Å². The van der Waals surface area contributed by atoms with E-state index in [0.717, 1.165) is 38.3 Å². The Labute approximate surface area is 93.2 Å². The molecular formula is C12H24N2O. The topological polar surface area (TPSA) is 24.5 Å². The minimum atomic E-state index is 0.596. The van der Waals surface area contributed by atoms with Crippen LogP contribution in [-0.2, 0) is 4.74 Å². The molecule has 1 N–H and O–H groups in total. The summed E-state index contributed by atoms with van der Waals surface area (Å²) >= 11 is 0. The number of likely N-dealkylation sites (N-methyl/N-ethyl adjacent to an activating group) is 1. The maximum atomic E-state index is 5.47. The fourth-order valence-electron chi connectivity index (χ4n) is 2.43. The summed E-state index contributed by atoms with van der Waals surface area (Å²) in [5.74, 6) is 0.944. The quantitative estimate of drug-likeness (QED) is 0.738. The van der Waals surface area contributed by atoms with Crippen molar-refractivity contribution in [2.45, 2.75) is 38.8 Å². The van der Waals surface area contributed by atoms with Crippen LogP contribution in [0.15, 0.2) is 0 Å². The van der Waals surface area contributed by atoms with Crippen molar-refractivity contribution in [3.63, 3.8) is 0 Å². The smallest absolute Gasteiger partial charge is 0.0619 e. The Hall–Kier alpha value is -0.120. The van der Waals surface area contributed by atoms with Crippen LogP contribution in [0.5, 0.6) is 0 Å².